The summed E-state index contributed by atoms with van der Waals surface area (Å²) in [6.07, 6.45) is 4.94. The highest BCUT2D eigenvalue weighted by Crippen LogP contribution is 2.21. The molecule has 1 heterocycles. The Labute approximate surface area is 98.5 Å². The monoisotopic (exact) mass is 224 g/mol. The van der Waals surface area contributed by atoms with Crippen LogP contribution in [0.3, 0.4) is 0 Å². The molecule has 0 aliphatic heterocycles. The summed E-state index contributed by atoms with van der Waals surface area (Å²) < 4.78 is 2.16. The van der Waals surface area contributed by atoms with Crippen LogP contribution in [0.25, 0.3) is 0 Å². The van der Waals surface area contributed by atoms with Crippen molar-refractivity contribution in [1.82, 2.24) is 14.5 Å². The lowest BCUT2D eigenvalue weighted by Gasteiger charge is -2.32. The molecule has 0 saturated carbocycles. The molecule has 4 nitrogen and oxygen atoms in total. The molecule has 1 aromatic heterocycles. The predicted octanol–water partition coefficient (Wildman–Crippen LogP) is 1.63. The number of imidazole rings is 1. The number of hydrogen-bond acceptors (Lipinski definition) is 3. The molecule has 0 bridgehead atoms. The summed E-state index contributed by atoms with van der Waals surface area (Å²) >= 11 is 0. The van der Waals surface area contributed by atoms with Crippen LogP contribution in [0.5, 0.6) is 0 Å². The molecule has 0 aliphatic carbocycles. The van der Waals surface area contributed by atoms with E-state index in [1.807, 2.05) is 12.5 Å². The summed E-state index contributed by atoms with van der Waals surface area (Å²) in [6, 6.07) is 0.797. The molecule has 1 aromatic rings. The third kappa shape index (κ3) is 2.62. The van der Waals surface area contributed by atoms with Gasteiger partial charge in [-0.25, -0.2) is 4.98 Å². The fourth-order valence-corrected chi connectivity index (χ4v) is 1.96. The van der Waals surface area contributed by atoms with Crippen molar-refractivity contribution in [3.63, 3.8) is 0 Å². The van der Waals surface area contributed by atoms with Gasteiger partial charge in [-0.15, -0.1) is 0 Å². The van der Waals surface area contributed by atoms with Gasteiger partial charge in [0.05, 0.1) is 18.1 Å². The lowest BCUT2D eigenvalue weighted by Crippen LogP contribution is -2.37. The van der Waals surface area contributed by atoms with Crippen LogP contribution >= 0.6 is 0 Å². The van der Waals surface area contributed by atoms with Crippen molar-refractivity contribution in [2.45, 2.75) is 45.8 Å². The van der Waals surface area contributed by atoms with E-state index in [4.69, 9.17) is 5.73 Å². The Hall–Kier alpha value is -0.870. The first-order valence-corrected chi connectivity index (χ1v) is 6.07. The second-order valence-corrected chi connectivity index (χ2v) is 4.28. The Morgan fingerprint density at radius 2 is 2.19 bits per heavy atom. The second-order valence-electron chi connectivity index (χ2n) is 4.28. The molecule has 0 amide bonds. The summed E-state index contributed by atoms with van der Waals surface area (Å²) in [6.45, 7) is 8.13. The van der Waals surface area contributed by atoms with Crippen LogP contribution < -0.4 is 5.73 Å². The van der Waals surface area contributed by atoms with Crippen molar-refractivity contribution in [3.05, 3.63) is 18.2 Å². The zero-order valence-corrected chi connectivity index (χ0v) is 10.8. The fraction of sp³-hybridized carbons (Fsp3) is 0.750. The van der Waals surface area contributed by atoms with Gasteiger partial charge in [-0.2, -0.15) is 0 Å². The van der Waals surface area contributed by atoms with Gasteiger partial charge in [-0.05, 0) is 27.3 Å². The highest BCUT2D eigenvalue weighted by molar-refractivity contribution is 5.06. The number of likely N-dealkylation sites (N-methyl/N-ethyl adjacent to an activating group) is 1. The SMILES string of the molecule is CCC(C)N(C)C(CN)c1cncn1CC. The standard InChI is InChI=1S/C12H24N4/c1-5-10(3)15(4)11(7-13)12-8-14-9-16(12)6-2/h8-11H,5-7,13H2,1-4H3. The van der Waals surface area contributed by atoms with Crippen LogP contribution in [0.2, 0.25) is 0 Å². The molecule has 0 aliphatic rings. The quantitative estimate of drug-likeness (QED) is 0.799. The van der Waals surface area contributed by atoms with Crippen molar-refractivity contribution in [3.8, 4) is 0 Å². The Morgan fingerprint density at radius 1 is 1.50 bits per heavy atom. The van der Waals surface area contributed by atoms with E-state index >= 15 is 0 Å². The summed E-state index contributed by atoms with van der Waals surface area (Å²) in [5, 5.41) is 0. The van der Waals surface area contributed by atoms with Crippen molar-refractivity contribution >= 4 is 0 Å². The molecule has 1 rings (SSSR count). The van der Waals surface area contributed by atoms with Crippen LogP contribution in [0.15, 0.2) is 12.5 Å². The summed E-state index contributed by atoms with van der Waals surface area (Å²) in [5.41, 5.74) is 7.11. The summed E-state index contributed by atoms with van der Waals surface area (Å²) in [7, 11) is 2.14. The third-order valence-electron chi connectivity index (χ3n) is 3.43. The summed E-state index contributed by atoms with van der Waals surface area (Å²) in [5.74, 6) is 0. The molecule has 2 unspecified atom stereocenters. The number of aromatic nitrogens is 2. The van der Waals surface area contributed by atoms with E-state index in [1.54, 1.807) is 0 Å². The maximum Gasteiger partial charge on any atom is 0.0948 e. The molecular formula is C12H24N4. The van der Waals surface area contributed by atoms with Crippen LogP contribution in [0.1, 0.15) is 38.9 Å². The van der Waals surface area contributed by atoms with E-state index in [-0.39, 0.29) is 6.04 Å². The molecule has 92 valence electrons. The highest BCUT2D eigenvalue weighted by Gasteiger charge is 2.21. The first kappa shape index (κ1) is 13.2. The van der Waals surface area contributed by atoms with Crippen LogP contribution in [0.4, 0.5) is 0 Å². The first-order valence-electron chi connectivity index (χ1n) is 6.07. The molecule has 4 heteroatoms. The number of nitrogens with two attached hydrogens (primary N) is 1. The van der Waals surface area contributed by atoms with Crippen molar-refractivity contribution in [1.29, 1.82) is 0 Å². The first-order chi connectivity index (χ1) is 7.65. The largest absolute Gasteiger partial charge is 0.333 e. The number of nitrogens with zero attached hydrogens (tertiary/aromatic N) is 3. The van der Waals surface area contributed by atoms with Crippen LogP contribution in [0, 0.1) is 0 Å². The van der Waals surface area contributed by atoms with Gasteiger partial charge in [-0.3, -0.25) is 4.90 Å². The van der Waals surface area contributed by atoms with E-state index < -0.39 is 0 Å². The Balaban J connectivity index is 2.89. The van der Waals surface area contributed by atoms with Gasteiger partial charge in [0.25, 0.3) is 0 Å². The topological polar surface area (TPSA) is 47.1 Å². The van der Waals surface area contributed by atoms with Gasteiger partial charge in [0.2, 0.25) is 0 Å². The molecular weight excluding hydrogens is 200 g/mol. The summed E-state index contributed by atoms with van der Waals surface area (Å²) in [4.78, 5) is 6.55. The van der Waals surface area contributed by atoms with Gasteiger partial charge in [0, 0.05) is 25.3 Å². The molecule has 0 saturated heterocycles. The van der Waals surface area contributed by atoms with E-state index in [0.717, 1.165) is 13.0 Å². The van der Waals surface area contributed by atoms with Gasteiger partial charge < -0.3 is 10.3 Å². The smallest absolute Gasteiger partial charge is 0.0948 e. The highest BCUT2D eigenvalue weighted by atomic mass is 15.2. The molecule has 0 spiro atoms. The minimum absolute atomic E-state index is 0.261. The van der Waals surface area contributed by atoms with Gasteiger partial charge in [0.1, 0.15) is 0 Å². The zero-order chi connectivity index (χ0) is 12.1. The number of rotatable bonds is 6. The zero-order valence-electron chi connectivity index (χ0n) is 10.8. The minimum atomic E-state index is 0.261. The number of hydrogen-bond donors (Lipinski definition) is 1. The Morgan fingerprint density at radius 3 is 2.69 bits per heavy atom. The molecule has 16 heavy (non-hydrogen) atoms. The van der Waals surface area contributed by atoms with Crippen molar-refractivity contribution in [2.75, 3.05) is 13.6 Å². The van der Waals surface area contributed by atoms with E-state index in [2.05, 4.69) is 42.3 Å². The van der Waals surface area contributed by atoms with Crippen LogP contribution in [-0.2, 0) is 6.54 Å². The van der Waals surface area contributed by atoms with E-state index in [1.165, 1.54) is 5.69 Å². The molecule has 2 N–H and O–H groups in total. The maximum atomic E-state index is 5.90. The molecule has 0 radical (unpaired) electrons. The number of aryl methyl sites for hydroxylation is 1. The molecule has 0 aromatic carbocycles. The lowest BCUT2D eigenvalue weighted by molar-refractivity contribution is 0.178. The second kappa shape index (κ2) is 6.01. The average Bonchev–Trinajstić information content (AvgIpc) is 2.77. The average molecular weight is 224 g/mol. The normalized spacial score (nSPS) is 15.4. The van der Waals surface area contributed by atoms with Gasteiger partial charge >= 0.3 is 0 Å². The predicted molar refractivity (Wildman–Crippen MR) is 67.2 cm³/mol. The Kier molecular flexibility index (Phi) is 4.96. The lowest BCUT2D eigenvalue weighted by atomic mass is 10.1. The van der Waals surface area contributed by atoms with E-state index in [0.29, 0.717) is 12.6 Å². The van der Waals surface area contributed by atoms with Crippen LogP contribution in [-0.4, -0.2) is 34.1 Å². The minimum Gasteiger partial charge on any atom is -0.333 e. The van der Waals surface area contributed by atoms with E-state index in [9.17, 15) is 0 Å². The van der Waals surface area contributed by atoms with Gasteiger partial charge in [-0.1, -0.05) is 6.92 Å². The van der Waals surface area contributed by atoms with Crippen molar-refractivity contribution in [2.24, 2.45) is 5.73 Å². The molecule has 2 atom stereocenters. The van der Waals surface area contributed by atoms with Crippen molar-refractivity contribution < 1.29 is 0 Å². The fourth-order valence-electron chi connectivity index (χ4n) is 1.96. The maximum absolute atomic E-state index is 5.90. The third-order valence-corrected chi connectivity index (χ3v) is 3.43. The Bertz CT molecular complexity index is 308. The van der Waals surface area contributed by atoms with Gasteiger partial charge in [0.15, 0.2) is 0 Å². The molecule has 0 fully saturated rings.